The minimum absolute atomic E-state index is 0.0520. The molecule has 18 rings (SSSR count). The van der Waals surface area contributed by atoms with Crippen LogP contribution in [0, 0.1) is 45.1 Å². The number of rotatable bonds is 22. The van der Waals surface area contributed by atoms with Crippen molar-refractivity contribution in [3.05, 3.63) is 311 Å². The first kappa shape index (κ1) is 95.5. The van der Waals surface area contributed by atoms with E-state index >= 15 is 13.2 Å². The van der Waals surface area contributed by atoms with Crippen LogP contribution in [0.15, 0.2) is 238 Å². The number of pyridine rings is 2. The monoisotopic (exact) mass is 1900 g/mol. The van der Waals surface area contributed by atoms with Crippen LogP contribution in [0.1, 0.15) is 99.6 Å². The van der Waals surface area contributed by atoms with Crippen LogP contribution in [0.3, 0.4) is 0 Å². The first-order chi connectivity index (χ1) is 66.1. The molecule has 5 N–H and O–H groups in total. The summed E-state index contributed by atoms with van der Waals surface area (Å²) in [6.45, 7) is 13.7. The molecule has 33 heteroatoms. The Morgan fingerprint density at radius 1 is 0.399 bits per heavy atom. The molecule has 8 aromatic carbocycles. The van der Waals surface area contributed by atoms with Crippen LogP contribution in [0.2, 0.25) is 10.0 Å². The molecule has 0 saturated carbocycles. The summed E-state index contributed by atoms with van der Waals surface area (Å²) in [6, 6.07) is 44.3. The zero-order valence-electron chi connectivity index (χ0n) is 75.6. The van der Waals surface area contributed by atoms with Gasteiger partial charge in [-0.15, -0.1) is 0 Å². The largest absolute Gasteiger partial charge is 0.396 e. The lowest BCUT2D eigenvalue weighted by atomic mass is 9.99. The first-order valence-electron chi connectivity index (χ1n) is 44.0. The fourth-order valence-electron chi connectivity index (χ4n) is 17.6. The molecular weight excluding hydrogens is 1810 g/mol. The van der Waals surface area contributed by atoms with E-state index in [-0.39, 0.29) is 110 Å². The number of benzene rings is 8. The fourth-order valence-corrected chi connectivity index (χ4v) is 18.0. The summed E-state index contributed by atoms with van der Waals surface area (Å²) in [7, 11) is 0. The van der Waals surface area contributed by atoms with E-state index in [0.29, 0.717) is 105 Å². The summed E-state index contributed by atoms with van der Waals surface area (Å²) < 4.78 is 95.7. The summed E-state index contributed by atoms with van der Waals surface area (Å²) in [5.41, 5.74) is 18.2. The molecule has 0 bridgehead atoms. The molecule has 0 spiro atoms. The van der Waals surface area contributed by atoms with E-state index in [2.05, 4.69) is 52.4 Å². The van der Waals surface area contributed by atoms with Crippen LogP contribution in [0.5, 0.6) is 0 Å². The number of carbonyl (C=O) groups excluding carboxylic acids is 9. The maximum atomic E-state index is 15.6. The van der Waals surface area contributed by atoms with Gasteiger partial charge in [0.25, 0.3) is 0 Å². The third kappa shape index (κ3) is 20.2. The van der Waals surface area contributed by atoms with E-state index in [9.17, 15) is 56.3 Å². The van der Waals surface area contributed by atoms with Crippen molar-refractivity contribution in [1.29, 1.82) is 0 Å². The average molecular weight is 1900 g/mol. The lowest BCUT2D eigenvalue weighted by molar-refractivity contribution is -0.137. The number of nitrogens with zero attached hydrogens (tertiary/aromatic N) is 12. The predicted octanol–water partition coefficient (Wildman–Crippen LogP) is 19.5. The Labute approximate surface area is 797 Å². The maximum absolute atomic E-state index is 15.6. The highest BCUT2D eigenvalue weighted by molar-refractivity contribution is 6.33. The molecule has 15 aromatic rings. The standard InChI is InChI=1S/C36H31ClF2N4O3.C35H29ClF2N6O3.C34H30F2N6O3/c1-20-7-4-5-8-26(20)27-9-6-10-31(35(27)39)41-36(46)33-15-25(38)17-43(33)34(45)19-42-18-29(22(3)44)28-13-23(11-12-32(28)42)24-14-30(37)21(2)40-16-24;1-19(39)34-40-14-22(15-41-34)21-10-11-30-26(12-21)27(20(2)45)17-43(30)18-32(46)44-16-23(37)13-31(44)35(47)42-29-9-5-7-25(33(29)38)24-6-3-4-8-28(24)36;1-19-13-37-10-9-25(19)26-5-4-6-29(33(26)36)40-34(45)31-12-24(35)16-42(31)32(44)18-41-17-28(20(2)43)27-11-22(7-8-30(27)41)23-14-38-21(3)39-15-23/h4-14,16,18,25,33H,15,17,19H2,1-3H3,(H,41,46);3-12,14-15,17,23,31H,1,13,16,18,39H2,2H3,(H,42,47);4-11,13-15,17,24,31H,12,16,18H2,1-3H3,(H,40,45)/t25-,33+;23-,31+;24-,31+/m111/s1. The number of anilines is 3. The van der Waals surface area contributed by atoms with Gasteiger partial charge in [0.05, 0.1) is 53.1 Å². The minimum Gasteiger partial charge on any atom is -0.396 e. The van der Waals surface area contributed by atoms with Gasteiger partial charge in [-0.05, 0) is 160 Å². The van der Waals surface area contributed by atoms with E-state index in [0.717, 1.165) is 43.8 Å². The number of aromatic nitrogens is 9. The van der Waals surface area contributed by atoms with Gasteiger partial charge in [0, 0.05) is 175 Å². The number of Topliss-reactive ketones (excluding diaryl/α,β-unsaturated/α-hetero) is 3. The van der Waals surface area contributed by atoms with Gasteiger partial charge in [0.15, 0.2) is 40.6 Å². The van der Waals surface area contributed by atoms with Crippen LogP contribution < -0.4 is 21.7 Å². The number of amides is 6. The maximum Gasteiger partial charge on any atom is 0.247 e. The normalized spacial score (nSPS) is 16.1. The van der Waals surface area contributed by atoms with Crippen molar-refractivity contribution >= 4 is 131 Å². The number of nitrogens with two attached hydrogens (primary N) is 1. The van der Waals surface area contributed by atoms with Gasteiger partial charge in [-0.1, -0.05) is 127 Å². The Balaban J connectivity index is 0.000000150. The van der Waals surface area contributed by atoms with Crippen molar-refractivity contribution in [3.63, 3.8) is 0 Å². The molecule has 25 nitrogen and oxygen atoms in total. The number of alkyl halides is 3. The number of halogens is 8. The van der Waals surface area contributed by atoms with Crippen molar-refractivity contribution in [2.24, 2.45) is 5.73 Å². The molecule has 700 valence electrons. The van der Waals surface area contributed by atoms with Crippen molar-refractivity contribution in [3.8, 4) is 66.8 Å². The third-order valence-corrected chi connectivity index (χ3v) is 25.5. The summed E-state index contributed by atoms with van der Waals surface area (Å²) in [5.74, 6) is -5.20. The lowest BCUT2D eigenvalue weighted by Crippen LogP contribution is -2.44. The van der Waals surface area contributed by atoms with E-state index < -0.39 is 89.5 Å². The zero-order chi connectivity index (χ0) is 97.9. The second kappa shape index (κ2) is 40.5. The van der Waals surface area contributed by atoms with Gasteiger partial charge in [-0.2, -0.15) is 0 Å². The van der Waals surface area contributed by atoms with E-state index in [1.165, 1.54) is 54.8 Å². The molecule has 0 radical (unpaired) electrons. The molecular formula is C105H90Cl2F6N16O9. The summed E-state index contributed by atoms with van der Waals surface area (Å²) in [5, 5.41) is 10.4. The molecule has 7 aromatic heterocycles. The minimum atomic E-state index is -1.45. The quantitative estimate of drug-likeness (QED) is 0.0362. The third-order valence-electron chi connectivity index (χ3n) is 24.7. The summed E-state index contributed by atoms with van der Waals surface area (Å²) in [4.78, 5) is 148. The molecule has 3 aliphatic heterocycles. The molecule has 3 aliphatic rings. The Hall–Kier alpha value is -15.6. The Morgan fingerprint density at radius 3 is 1.13 bits per heavy atom. The van der Waals surface area contributed by atoms with Gasteiger partial charge >= 0.3 is 0 Å². The SMILES string of the molecule is C=C(N)c1ncc(-c2ccc3c(c2)c(C(C)=O)cn3CC(=O)N2C[C@H](F)C[C@H]2C(=O)Nc2cccc(-c3ccccc3Cl)c2F)cn1.CC(=O)c1cn(CC(=O)N2C[C@H](F)C[C@H]2C(=O)Nc2cccc(-c3ccccc3C)c2F)c2ccc(-c3cnc(C)c(Cl)c3)cc12.CC(=O)c1cn(CC(=O)N2C[C@H](F)C[C@H]2C(=O)Nc2cccc(-c3ccncc3C)c2F)c2ccc(-c3cnc(C)nc3)cc12. The summed E-state index contributed by atoms with van der Waals surface area (Å²) in [6.07, 6.45) is 11.3. The van der Waals surface area contributed by atoms with E-state index in [4.69, 9.17) is 28.9 Å². The average Bonchev–Trinajstić information content (AvgIpc) is 1.63. The molecule has 138 heavy (non-hydrogen) atoms. The topological polar surface area (TPSA) is 318 Å². The van der Waals surface area contributed by atoms with Gasteiger partial charge < -0.3 is 50.1 Å². The van der Waals surface area contributed by atoms with E-state index in [1.54, 1.807) is 192 Å². The zero-order valence-corrected chi connectivity index (χ0v) is 77.1. The van der Waals surface area contributed by atoms with Gasteiger partial charge in [-0.25, -0.2) is 46.3 Å². The van der Waals surface area contributed by atoms with Crippen molar-refractivity contribution in [1.82, 2.24) is 58.3 Å². The van der Waals surface area contributed by atoms with Gasteiger partial charge in [-0.3, -0.25) is 53.1 Å². The second-order valence-electron chi connectivity index (χ2n) is 34.1. The molecule has 6 atom stereocenters. The molecule has 3 fully saturated rings. The number of fused-ring (bicyclic) bond motifs is 3. The number of ketones is 3. The highest BCUT2D eigenvalue weighted by atomic mass is 35.5. The Morgan fingerprint density at radius 2 is 0.754 bits per heavy atom. The number of hydrogen-bond donors (Lipinski definition) is 4. The van der Waals surface area contributed by atoms with Crippen LogP contribution in [0.4, 0.5) is 43.4 Å². The summed E-state index contributed by atoms with van der Waals surface area (Å²) >= 11 is 12.5. The van der Waals surface area contributed by atoms with E-state index in [1.807, 2.05) is 57.2 Å². The Bertz CT molecular complexity index is 7420. The van der Waals surface area contributed by atoms with Crippen molar-refractivity contribution in [2.45, 2.75) is 124 Å². The highest BCUT2D eigenvalue weighted by Gasteiger charge is 2.44. The first-order valence-corrected chi connectivity index (χ1v) is 44.8. The second-order valence-corrected chi connectivity index (χ2v) is 35.0. The molecule has 10 heterocycles. The fraction of sp³-hybridized carbons (Fsp3) is 0.210. The number of nitrogens with one attached hydrogen (secondary N) is 3. The number of carbonyl (C=O) groups is 9. The van der Waals surface area contributed by atoms with Crippen molar-refractivity contribution < 1.29 is 69.5 Å². The molecule has 3 saturated heterocycles. The smallest absolute Gasteiger partial charge is 0.247 e. The number of hydrogen-bond acceptors (Lipinski definition) is 16. The number of aryl methyl sites for hydroxylation is 4. The highest BCUT2D eigenvalue weighted by Crippen LogP contribution is 2.40. The number of likely N-dealkylation sites (tertiary alicyclic amines) is 3. The Kier molecular flexibility index (Phi) is 28.0. The molecule has 0 aliphatic carbocycles. The van der Waals surface area contributed by atoms with Crippen LogP contribution >= 0.6 is 23.2 Å². The van der Waals surface area contributed by atoms with Gasteiger partial charge in [0.1, 0.15) is 62.1 Å². The van der Waals surface area contributed by atoms with Crippen LogP contribution in [0.25, 0.3) is 105 Å². The van der Waals surface area contributed by atoms with Gasteiger partial charge in [0.2, 0.25) is 35.4 Å². The van der Waals surface area contributed by atoms with Crippen LogP contribution in [-0.2, 0) is 48.4 Å². The van der Waals surface area contributed by atoms with Crippen molar-refractivity contribution in [2.75, 3.05) is 35.6 Å². The molecule has 6 amide bonds. The predicted molar refractivity (Wildman–Crippen MR) is 518 cm³/mol. The van der Waals surface area contributed by atoms with Crippen LogP contribution in [-0.4, -0.2) is 167 Å². The molecule has 0 unspecified atom stereocenters. The lowest BCUT2D eigenvalue weighted by Gasteiger charge is -2.24.